The van der Waals surface area contributed by atoms with Crippen molar-refractivity contribution in [3.63, 3.8) is 0 Å². The van der Waals surface area contributed by atoms with E-state index >= 15 is 0 Å². The molecule has 0 aliphatic heterocycles. The summed E-state index contributed by atoms with van der Waals surface area (Å²) >= 11 is 0. The first-order valence-corrected chi connectivity index (χ1v) is 10.2. The van der Waals surface area contributed by atoms with Crippen LogP contribution in [-0.2, 0) is 11.3 Å². The molecule has 1 amide bonds. The molecule has 2 N–H and O–H groups in total. The number of rotatable bonds is 7. The van der Waals surface area contributed by atoms with Crippen LogP contribution in [0.15, 0.2) is 28.7 Å². The van der Waals surface area contributed by atoms with Gasteiger partial charge in [0.05, 0.1) is 19.1 Å². The molecule has 27 heavy (non-hydrogen) atoms. The second-order valence-electron chi connectivity index (χ2n) is 8.72. The summed E-state index contributed by atoms with van der Waals surface area (Å²) in [5.41, 5.74) is 0.763. The van der Waals surface area contributed by atoms with Gasteiger partial charge in [0, 0.05) is 18.5 Å². The van der Waals surface area contributed by atoms with E-state index in [1.807, 2.05) is 24.3 Å². The Morgan fingerprint density at radius 2 is 2.04 bits per heavy atom. The van der Waals surface area contributed by atoms with Gasteiger partial charge in [-0.3, -0.25) is 4.79 Å². The number of hydrogen-bond donors (Lipinski definition) is 2. The topological polar surface area (TPSA) is 63.5 Å². The lowest BCUT2D eigenvalue weighted by Crippen LogP contribution is -2.44. The van der Waals surface area contributed by atoms with E-state index in [9.17, 15) is 4.79 Å². The zero-order valence-corrected chi connectivity index (χ0v) is 15.9. The van der Waals surface area contributed by atoms with Gasteiger partial charge >= 0.3 is 0 Å². The van der Waals surface area contributed by atoms with Crippen LogP contribution in [0.4, 0.5) is 0 Å². The Morgan fingerprint density at radius 1 is 1.22 bits per heavy atom. The quantitative estimate of drug-likeness (QED) is 0.735. The van der Waals surface area contributed by atoms with Crippen LogP contribution in [0, 0.1) is 23.2 Å². The number of hydrogen-bond acceptors (Lipinski definition) is 4. The van der Waals surface area contributed by atoms with E-state index in [1.54, 1.807) is 7.11 Å². The minimum atomic E-state index is -0.0249. The summed E-state index contributed by atoms with van der Waals surface area (Å²) in [4.78, 5) is 12.9. The predicted molar refractivity (Wildman–Crippen MR) is 103 cm³/mol. The monoisotopic (exact) mass is 368 g/mol. The summed E-state index contributed by atoms with van der Waals surface area (Å²) in [7, 11) is 1.65. The lowest BCUT2D eigenvalue weighted by Gasteiger charge is -2.31. The van der Waals surface area contributed by atoms with Crippen LogP contribution in [0.5, 0.6) is 5.75 Å². The highest BCUT2D eigenvalue weighted by Gasteiger charge is 2.61. The second kappa shape index (κ2) is 6.55. The fourth-order valence-corrected chi connectivity index (χ4v) is 6.16. The summed E-state index contributed by atoms with van der Waals surface area (Å²) in [6.07, 6.45) is 6.22. The molecule has 4 fully saturated rings. The van der Waals surface area contributed by atoms with Gasteiger partial charge in [-0.15, -0.1) is 0 Å². The first-order chi connectivity index (χ1) is 13.2. The van der Waals surface area contributed by atoms with Gasteiger partial charge in [-0.05, 0) is 62.0 Å². The molecule has 5 heteroatoms. The maximum atomic E-state index is 12.9. The highest BCUT2D eigenvalue weighted by molar-refractivity contribution is 5.84. The molecule has 0 spiro atoms. The summed E-state index contributed by atoms with van der Waals surface area (Å²) in [6, 6.07) is 7.93. The Balaban J connectivity index is 1.11. The zero-order valence-electron chi connectivity index (χ0n) is 15.9. The highest BCUT2D eigenvalue weighted by atomic mass is 16.5. The van der Waals surface area contributed by atoms with Crippen LogP contribution in [0.25, 0.3) is 11.0 Å². The molecule has 1 aromatic heterocycles. The fraction of sp³-hybridized carbons (Fsp3) is 0.591. The lowest BCUT2D eigenvalue weighted by molar-refractivity contribution is -0.132. The van der Waals surface area contributed by atoms with Gasteiger partial charge in [0.15, 0.2) is 11.3 Å². The number of para-hydroxylation sites is 1. The molecule has 0 saturated heterocycles. The molecule has 1 aromatic carbocycles. The van der Waals surface area contributed by atoms with Crippen LogP contribution in [0.1, 0.15) is 37.9 Å². The van der Waals surface area contributed by atoms with E-state index < -0.39 is 0 Å². The number of ether oxygens (including phenoxy) is 1. The number of nitrogens with one attached hydrogen (secondary N) is 2. The Morgan fingerprint density at radius 3 is 2.81 bits per heavy atom. The molecule has 6 rings (SSSR count). The molecule has 4 aliphatic carbocycles. The Bertz CT molecular complexity index is 844. The third-order valence-corrected chi connectivity index (χ3v) is 7.11. The highest BCUT2D eigenvalue weighted by Crippen LogP contribution is 2.65. The number of carbonyl (C=O) groups excluding carboxylic acids is 1. The van der Waals surface area contributed by atoms with Crippen LogP contribution in [0.3, 0.4) is 0 Å². The van der Waals surface area contributed by atoms with Crippen molar-refractivity contribution in [1.29, 1.82) is 0 Å². The van der Waals surface area contributed by atoms with E-state index in [2.05, 4.69) is 10.6 Å². The molecule has 2 unspecified atom stereocenters. The minimum Gasteiger partial charge on any atom is -0.493 e. The van der Waals surface area contributed by atoms with Crippen molar-refractivity contribution < 1.29 is 13.9 Å². The standard InChI is InChI=1S/C22H28N2O3/c1-26-19-4-2-3-16-10-18(27-20(16)19)13-23-5-6-24-21(25)22-11-14-7-15(12-22)9-17(22)8-14/h2-4,10,14-15,17,23H,5-9,11-13H2,1H3,(H,24,25). The number of furan rings is 1. The first kappa shape index (κ1) is 17.1. The molecule has 4 bridgehead atoms. The smallest absolute Gasteiger partial charge is 0.226 e. The Hall–Kier alpha value is -2.01. The van der Waals surface area contributed by atoms with E-state index in [1.165, 1.54) is 19.3 Å². The number of methoxy groups -OCH3 is 1. The molecule has 0 radical (unpaired) electrons. The average molecular weight is 368 g/mol. The minimum absolute atomic E-state index is 0.0249. The van der Waals surface area contributed by atoms with Gasteiger partial charge in [-0.2, -0.15) is 0 Å². The second-order valence-corrected chi connectivity index (χ2v) is 8.72. The van der Waals surface area contributed by atoms with Crippen LogP contribution in [-0.4, -0.2) is 26.1 Å². The number of carbonyl (C=O) groups is 1. The lowest BCUT2D eigenvalue weighted by atomic mass is 9.75. The largest absolute Gasteiger partial charge is 0.493 e. The summed E-state index contributed by atoms with van der Waals surface area (Å²) < 4.78 is 11.2. The molecule has 144 valence electrons. The van der Waals surface area contributed by atoms with Crippen LogP contribution in [0.2, 0.25) is 0 Å². The van der Waals surface area contributed by atoms with Crippen molar-refractivity contribution in [2.45, 2.75) is 38.6 Å². The van der Waals surface area contributed by atoms with E-state index in [0.717, 1.165) is 53.7 Å². The van der Waals surface area contributed by atoms with E-state index in [0.29, 0.717) is 24.9 Å². The third kappa shape index (κ3) is 2.83. The molecule has 1 heterocycles. The molecular weight excluding hydrogens is 340 g/mol. The van der Waals surface area contributed by atoms with Gasteiger partial charge in [0.25, 0.3) is 0 Å². The predicted octanol–water partition coefficient (Wildman–Crippen LogP) is 3.47. The molecule has 2 atom stereocenters. The summed E-state index contributed by atoms with van der Waals surface area (Å²) in [5, 5.41) is 7.63. The number of fused-ring (bicyclic) bond motifs is 1. The Kier molecular flexibility index (Phi) is 4.15. The van der Waals surface area contributed by atoms with Crippen LogP contribution < -0.4 is 15.4 Å². The molecule has 2 aromatic rings. The third-order valence-electron chi connectivity index (χ3n) is 7.11. The van der Waals surface area contributed by atoms with E-state index in [4.69, 9.17) is 9.15 Å². The number of benzene rings is 1. The summed E-state index contributed by atoms with van der Waals surface area (Å²) in [6.45, 7) is 2.06. The maximum absolute atomic E-state index is 12.9. The first-order valence-electron chi connectivity index (χ1n) is 10.2. The average Bonchev–Trinajstić information content (AvgIpc) is 3.27. The van der Waals surface area contributed by atoms with Gasteiger partial charge in [-0.1, -0.05) is 12.1 Å². The Labute approximate surface area is 159 Å². The molecule has 5 nitrogen and oxygen atoms in total. The van der Waals surface area contributed by atoms with Gasteiger partial charge in [0.2, 0.25) is 5.91 Å². The molecule has 4 aliphatic rings. The van der Waals surface area contributed by atoms with Crippen molar-refractivity contribution >= 4 is 16.9 Å². The van der Waals surface area contributed by atoms with Crippen molar-refractivity contribution in [3.8, 4) is 5.75 Å². The number of amides is 1. The van der Waals surface area contributed by atoms with Gasteiger partial charge in [-0.25, -0.2) is 0 Å². The normalized spacial score (nSPS) is 30.9. The van der Waals surface area contributed by atoms with Crippen LogP contribution >= 0.6 is 0 Å². The maximum Gasteiger partial charge on any atom is 0.226 e. The fourth-order valence-electron chi connectivity index (χ4n) is 6.16. The SMILES string of the molecule is COc1cccc2cc(CNCCNC(=O)C34CC5CC(CC3C5)C4)oc12. The summed E-state index contributed by atoms with van der Waals surface area (Å²) in [5.74, 6) is 4.23. The van der Waals surface area contributed by atoms with Crippen molar-refractivity contribution in [2.75, 3.05) is 20.2 Å². The molecular formula is C22H28N2O3. The van der Waals surface area contributed by atoms with Gasteiger partial charge < -0.3 is 19.8 Å². The van der Waals surface area contributed by atoms with E-state index in [-0.39, 0.29) is 5.41 Å². The van der Waals surface area contributed by atoms with Gasteiger partial charge in [0.1, 0.15) is 5.76 Å². The van der Waals surface area contributed by atoms with Crippen molar-refractivity contribution in [3.05, 3.63) is 30.0 Å². The molecule has 4 saturated carbocycles. The zero-order chi connectivity index (χ0) is 18.4. The van der Waals surface area contributed by atoms with Crippen molar-refractivity contribution in [2.24, 2.45) is 23.2 Å². The van der Waals surface area contributed by atoms with Crippen molar-refractivity contribution in [1.82, 2.24) is 10.6 Å².